The Balaban J connectivity index is 2.06. The highest BCUT2D eigenvalue weighted by atomic mass is 35.5. The van der Waals surface area contributed by atoms with Gasteiger partial charge < -0.3 is 0 Å². The van der Waals surface area contributed by atoms with Crippen molar-refractivity contribution in [2.75, 3.05) is 0 Å². The van der Waals surface area contributed by atoms with Gasteiger partial charge in [0, 0.05) is 16.4 Å². The van der Waals surface area contributed by atoms with E-state index in [1.54, 1.807) is 0 Å². The molecule has 2 unspecified atom stereocenters. The smallest absolute Gasteiger partial charge is 0.0905 e. The van der Waals surface area contributed by atoms with Gasteiger partial charge in [0.25, 0.3) is 0 Å². The first-order chi connectivity index (χ1) is 8.93. The minimum Gasteiger partial charge on any atom is -0.249 e. The average molecular weight is 273 g/mol. The second kappa shape index (κ2) is 3.29. The topological polar surface area (TPSA) is 25.8 Å². The fourth-order valence-corrected chi connectivity index (χ4v) is 4.26. The Kier molecular flexibility index (Phi) is 2.02. The molecule has 2 aromatic rings. The zero-order valence-corrected chi connectivity index (χ0v) is 12.3. The second-order valence-electron chi connectivity index (χ2n) is 6.74. The van der Waals surface area contributed by atoms with Crippen LogP contribution in [0, 0.1) is 5.41 Å². The predicted molar refractivity (Wildman–Crippen MR) is 77.7 cm³/mol. The molecule has 98 valence electrons. The van der Waals surface area contributed by atoms with E-state index in [2.05, 4.69) is 20.8 Å². The summed E-state index contributed by atoms with van der Waals surface area (Å²) < 4.78 is 0. The largest absolute Gasteiger partial charge is 0.249 e. The van der Waals surface area contributed by atoms with Crippen molar-refractivity contribution in [3.8, 4) is 0 Å². The van der Waals surface area contributed by atoms with Crippen molar-refractivity contribution >= 4 is 22.6 Å². The third-order valence-electron chi connectivity index (χ3n) is 5.73. The molecule has 1 aromatic carbocycles. The third kappa shape index (κ3) is 1.24. The molecule has 1 heterocycles. The van der Waals surface area contributed by atoms with Crippen LogP contribution in [0.4, 0.5) is 0 Å². The maximum Gasteiger partial charge on any atom is 0.0905 e. The minimum atomic E-state index is 0.174. The normalized spacial score (nSPS) is 30.8. The molecule has 0 radical (unpaired) electrons. The van der Waals surface area contributed by atoms with E-state index in [-0.39, 0.29) is 10.8 Å². The van der Waals surface area contributed by atoms with E-state index in [0.717, 1.165) is 16.1 Å². The van der Waals surface area contributed by atoms with Crippen molar-refractivity contribution in [3.63, 3.8) is 0 Å². The maximum atomic E-state index is 6.06. The average Bonchev–Trinajstić information content (AvgIpc) is 2.67. The predicted octanol–water partition coefficient (Wildman–Crippen LogP) is 4.46. The van der Waals surface area contributed by atoms with Gasteiger partial charge >= 0.3 is 0 Å². The highest BCUT2D eigenvalue weighted by Crippen LogP contribution is 2.66. The number of rotatable bonds is 0. The first-order valence-corrected chi connectivity index (χ1v) is 7.29. The Morgan fingerprint density at radius 1 is 1.16 bits per heavy atom. The fraction of sp³-hybridized carbons (Fsp3) is 0.500. The molecule has 2 aliphatic carbocycles. The van der Waals surface area contributed by atoms with Crippen LogP contribution < -0.4 is 0 Å². The molecule has 0 saturated heterocycles. The summed E-state index contributed by atoms with van der Waals surface area (Å²) in [6.07, 6.45) is 2.46. The van der Waals surface area contributed by atoms with Gasteiger partial charge in [-0.15, -0.1) is 0 Å². The van der Waals surface area contributed by atoms with Gasteiger partial charge in [-0.3, -0.25) is 0 Å². The number of benzene rings is 1. The van der Waals surface area contributed by atoms with Crippen LogP contribution in [0.5, 0.6) is 0 Å². The van der Waals surface area contributed by atoms with Crippen LogP contribution in [-0.2, 0) is 5.41 Å². The van der Waals surface area contributed by atoms with Crippen LogP contribution in [0.25, 0.3) is 11.0 Å². The standard InChI is InChI=1S/C16H17ClN2/c1-15(2)10-6-7-16(15,3)14-13(10)18-12-8-9(17)4-5-11(12)19-14/h4-5,8,10H,6-7H2,1-3H3. The lowest BCUT2D eigenvalue weighted by atomic mass is 9.70. The molecule has 2 nitrogen and oxygen atoms in total. The van der Waals surface area contributed by atoms with Gasteiger partial charge in [0.1, 0.15) is 0 Å². The summed E-state index contributed by atoms with van der Waals surface area (Å²) in [6.45, 7) is 7.09. The lowest BCUT2D eigenvalue weighted by Crippen LogP contribution is -2.31. The summed E-state index contributed by atoms with van der Waals surface area (Å²) in [5.41, 5.74) is 4.77. The fourth-order valence-electron chi connectivity index (χ4n) is 4.09. The molecule has 2 aliphatic rings. The second-order valence-corrected chi connectivity index (χ2v) is 7.17. The number of aromatic nitrogens is 2. The van der Waals surface area contributed by atoms with Crippen LogP contribution in [0.2, 0.25) is 5.02 Å². The van der Waals surface area contributed by atoms with Crippen molar-refractivity contribution in [1.82, 2.24) is 9.97 Å². The van der Waals surface area contributed by atoms with E-state index in [1.807, 2.05) is 18.2 Å². The van der Waals surface area contributed by atoms with Gasteiger partial charge in [0.2, 0.25) is 0 Å². The van der Waals surface area contributed by atoms with E-state index in [9.17, 15) is 0 Å². The summed E-state index contributed by atoms with van der Waals surface area (Å²) in [5.74, 6) is 0.545. The van der Waals surface area contributed by atoms with Gasteiger partial charge in [-0.2, -0.15) is 0 Å². The van der Waals surface area contributed by atoms with E-state index in [0.29, 0.717) is 5.92 Å². The van der Waals surface area contributed by atoms with Crippen molar-refractivity contribution in [3.05, 3.63) is 34.6 Å². The maximum absolute atomic E-state index is 6.06. The van der Waals surface area contributed by atoms with Crippen LogP contribution in [0.1, 0.15) is 50.9 Å². The molecule has 0 aliphatic heterocycles. The lowest BCUT2D eigenvalue weighted by Gasteiger charge is -2.34. The molecule has 1 saturated carbocycles. The highest BCUT2D eigenvalue weighted by Gasteiger charge is 2.61. The summed E-state index contributed by atoms with van der Waals surface area (Å²) in [4.78, 5) is 9.82. The summed E-state index contributed by atoms with van der Waals surface area (Å²) in [6, 6.07) is 5.80. The quantitative estimate of drug-likeness (QED) is 0.708. The van der Waals surface area contributed by atoms with Gasteiger partial charge in [-0.25, -0.2) is 9.97 Å². The molecule has 2 atom stereocenters. The van der Waals surface area contributed by atoms with Crippen LogP contribution in [0.3, 0.4) is 0 Å². The minimum absolute atomic E-state index is 0.174. The van der Waals surface area contributed by atoms with Crippen LogP contribution in [-0.4, -0.2) is 9.97 Å². The Hall–Kier alpha value is -1.15. The molecule has 19 heavy (non-hydrogen) atoms. The molecule has 0 spiro atoms. The van der Waals surface area contributed by atoms with E-state index in [4.69, 9.17) is 21.6 Å². The van der Waals surface area contributed by atoms with E-state index in [1.165, 1.54) is 24.2 Å². The van der Waals surface area contributed by atoms with Crippen molar-refractivity contribution in [2.24, 2.45) is 5.41 Å². The van der Waals surface area contributed by atoms with Gasteiger partial charge in [0.05, 0.1) is 22.4 Å². The van der Waals surface area contributed by atoms with Crippen molar-refractivity contribution in [1.29, 1.82) is 0 Å². The first-order valence-electron chi connectivity index (χ1n) is 6.91. The Morgan fingerprint density at radius 2 is 1.95 bits per heavy atom. The number of fused-ring (bicyclic) bond motifs is 6. The summed E-state index contributed by atoms with van der Waals surface area (Å²) in [7, 11) is 0. The zero-order valence-electron chi connectivity index (χ0n) is 11.5. The number of hydrogen-bond donors (Lipinski definition) is 0. The molecule has 1 fully saturated rings. The monoisotopic (exact) mass is 272 g/mol. The van der Waals surface area contributed by atoms with Crippen molar-refractivity contribution < 1.29 is 0 Å². The van der Waals surface area contributed by atoms with Crippen LogP contribution >= 0.6 is 11.6 Å². The Bertz CT molecular complexity index is 707. The zero-order chi connectivity index (χ0) is 13.4. The molecular formula is C16H17ClN2. The third-order valence-corrected chi connectivity index (χ3v) is 5.97. The van der Waals surface area contributed by atoms with Gasteiger partial charge in [-0.1, -0.05) is 32.4 Å². The summed E-state index contributed by atoms with van der Waals surface area (Å²) in [5, 5.41) is 0.732. The first kappa shape index (κ1) is 11.7. The lowest BCUT2D eigenvalue weighted by molar-refractivity contribution is 0.227. The number of nitrogens with zero attached hydrogens (tertiary/aromatic N) is 2. The molecule has 2 bridgehead atoms. The molecule has 3 heteroatoms. The van der Waals surface area contributed by atoms with Crippen LogP contribution in [0.15, 0.2) is 18.2 Å². The van der Waals surface area contributed by atoms with Gasteiger partial charge in [-0.05, 0) is 36.5 Å². The van der Waals surface area contributed by atoms with E-state index >= 15 is 0 Å². The summed E-state index contributed by atoms with van der Waals surface area (Å²) >= 11 is 6.06. The molecule has 0 amide bonds. The molecular weight excluding hydrogens is 256 g/mol. The number of hydrogen-bond acceptors (Lipinski definition) is 2. The Labute approximate surface area is 118 Å². The molecule has 1 aromatic heterocycles. The van der Waals surface area contributed by atoms with Crippen molar-refractivity contribution in [2.45, 2.75) is 44.9 Å². The van der Waals surface area contributed by atoms with E-state index < -0.39 is 0 Å². The van der Waals surface area contributed by atoms with Gasteiger partial charge in [0.15, 0.2) is 0 Å². The molecule has 0 N–H and O–H groups in total. The molecule has 4 rings (SSSR count). The Morgan fingerprint density at radius 3 is 2.74 bits per heavy atom. The highest BCUT2D eigenvalue weighted by molar-refractivity contribution is 6.31. The number of halogens is 1. The SMILES string of the molecule is CC12CCC(c3nc4cc(Cl)ccc4nc31)C2(C)C.